The van der Waals surface area contributed by atoms with Crippen molar-refractivity contribution in [3.63, 3.8) is 0 Å². The number of nitrogens with zero attached hydrogens (tertiary/aromatic N) is 2. The summed E-state index contributed by atoms with van der Waals surface area (Å²) in [5.74, 6) is -1.54. The summed E-state index contributed by atoms with van der Waals surface area (Å²) < 4.78 is 10.6. The molecule has 2 aliphatic heterocycles. The van der Waals surface area contributed by atoms with Crippen molar-refractivity contribution in [1.29, 1.82) is 0 Å². The summed E-state index contributed by atoms with van der Waals surface area (Å²) in [6, 6.07) is 11.1. The van der Waals surface area contributed by atoms with E-state index in [1.54, 1.807) is 30.5 Å². The van der Waals surface area contributed by atoms with Crippen LogP contribution in [0.5, 0.6) is 17.2 Å². The summed E-state index contributed by atoms with van der Waals surface area (Å²) in [6.07, 6.45) is 3.03. The van der Waals surface area contributed by atoms with E-state index in [0.29, 0.717) is 17.1 Å². The summed E-state index contributed by atoms with van der Waals surface area (Å²) in [4.78, 5) is 31.4. The summed E-state index contributed by atoms with van der Waals surface area (Å²) in [5.41, 5.74) is 0.629. The first-order chi connectivity index (χ1) is 15.5. The van der Waals surface area contributed by atoms with Crippen molar-refractivity contribution < 1.29 is 29.3 Å². The maximum Gasteiger partial charge on any atom is 0.300 e. The zero-order chi connectivity index (χ0) is 22.4. The van der Waals surface area contributed by atoms with Crippen molar-refractivity contribution in [2.45, 2.75) is 6.04 Å². The van der Waals surface area contributed by atoms with Crippen molar-refractivity contribution >= 4 is 34.7 Å². The first kappa shape index (κ1) is 19.9. The van der Waals surface area contributed by atoms with Gasteiger partial charge in [0.05, 0.1) is 17.3 Å². The molecule has 2 N–H and O–H groups in total. The van der Waals surface area contributed by atoms with Gasteiger partial charge < -0.3 is 19.7 Å². The van der Waals surface area contributed by atoms with Crippen LogP contribution in [-0.2, 0) is 9.59 Å². The van der Waals surface area contributed by atoms with Crippen LogP contribution in [0.4, 0.5) is 5.69 Å². The largest absolute Gasteiger partial charge is 0.507 e. The van der Waals surface area contributed by atoms with Crippen LogP contribution < -0.4 is 14.4 Å². The number of carbonyl (C=O) groups excluding carboxylic acids is 2. The van der Waals surface area contributed by atoms with Crippen molar-refractivity contribution in [3.8, 4) is 17.2 Å². The molecular weight excluding hydrogens is 436 g/mol. The Labute approximate surface area is 186 Å². The minimum absolute atomic E-state index is 0.0400. The maximum absolute atomic E-state index is 13.1. The Kier molecular flexibility index (Phi) is 4.71. The van der Waals surface area contributed by atoms with Crippen LogP contribution in [0, 0.1) is 0 Å². The second kappa shape index (κ2) is 7.58. The van der Waals surface area contributed by atoms with E-state index in [0.717, 1.165) is 4.90 Å². The number of aliphatic hydroxyl groups is 1. The molecule has 1 unspecified atom stereocenters. The number of rotatable bonds is 3. The van der Waals surface area contributed by atoms with Gasteiger partial charge in [0.15, 0.2) is 11.5 Å². The molecule has 0 spiro atoms. The zero-order valence-electron chi connectivity index (χ0n) is 16.4. The lowest BCUT2D eigenvalue weighted by molar-refractivity contribution is -0.132. The van der Waals surface area contributed by atoms with E-state index >= 15 is 0 Å². The van der Waals surface area contributed by atoms with Crippen LogP contribution in [0.1, 0.15) is 17.2 Å². The highest BCUT2D eigenvalue weighted by atomic mass is 35.5. The SMILES string of the molecule is O=C1C(=O)N(c2cc(Cl)ccc2O)C(c2cccnc2)/C1=C(/O)c1ccc2c(c1)OCO2. The summed E-state index contributed by atoms with van der Waals surface area (Å²) in [5, 5.41) is 21.8. The number of aromatic hydroxyl groups is 1. The fraction of sp³-hybridized carbons (Fsp3) is 0.0870. The molecule has 8 nitrogen and oxygen atoms in total. The van der Waals surface area contributed by atoms with Crippen LogP contribution in [0.25, 0.3) is 5.76 Å². The van der Waals surface area contributed by atoms with Gasteiger partial charge in [-0.15, -0.1) is 0 Å². The fourth-order valence-corrected chi connectivity index (χ4v) is 3.99. The Morgan fingerprint density at radius 3 is 2.69 bits per heavy atom. The average Bonchev–Trinajstić information content (AvgIpc) is 3.38. The molecule has 1 aromatic heterocycles. The highest BCUT2D eigenvalue weighted by Gasteiger charge is 2.48. The van der Waals surface area contributed by atoms with Gasteiger partial charge in [0.2, 0.25) is 6.79 Å². The van der Waals surface area contributed by atoms with Gasteiger partial charge in [0.1, 0.15) is 11.5 Å². The summed E-state index contributed by atoms with van der Waals surface area (Å²) in [7, 11) is 0. The first-order valence-electron chi connectivity index (χ1n) is 9.55. The third kappa shape index (κ3) is 3.12. The van der Waals surface area contributed by atoms with E-state index in [-0.39, 0.29) is 40.1 Å². The molecule has 2 aromatic carbocycles. The second-order valence-corrected chi connectivity index (χ2v) is 7.59. The number of amides is 1. The minimum atomic E-state index is -1.04. The monoisotopic (exact) mass is 450 g/mol. The Morgan fingerprint density at radius 2 is 1.91 bits per heavy atom. The molecule has 32 heavy (non-hydrogen) atoms. The van der Waals surface area contributed by atoms with Gasteiger partial charge in [0.25, 0.3) is 11.7 Å². The number of Topliss-reactive ketones (excluding diaryl/α,β-unsaturated/α-hetero) is 1. The third-order valence-corrected chi connectivity index (χ3v) is 5.52. The predicted molar refractivity (Wildman–Crippen MR) is 115 cm³/mol. The molecular formula is C23H15ClN2O6. The molecule has 1 amide bonds. The Morgan fingerprint density at radius 1 is 1.09 bits per heavy atom. The average molecular weight is 451 g/mol. The minimum Gasteiger partial charge on any atom is -0.507 e. The molecule has 0 aliphatic carbocycles. The lowest BCUT2D eigenvalue weighted by atomic mass is 9.96. The molecule has 9 heteroatoms. The van der Waals surface area contributed by atoms with E-state index in [2.05, 4.69) is 4.98 Å². The number of benzene rings is 2. The number of fused-ring (bicyclic) bond motifs is 1. The highest BCUT2D eigenvalue weighted by molar-refractivity contribution is 6.52. The molecule has 2 aliphatic rings. The van der Waals surface area contributed by atoms with Crippen LogP contribution in [0.2, 0.25) is 5.02 Å². The Balaban J connectivity index is 1.73. The Hall–Kier alpha value is -4.04. The number of anilines is 1. The summed E-state index contributed by atoms with van der Waals surface area (Å²) >= 11 is 6.09. The van der Waals surface area contributed by atoms with Crippen molar-refractivity contribution in [3.05, 3.63) is 82.6 Å². The molecule has 3 heterocycles. The van der Waals surface area contributed by atoms with E-state index in [1.807, 2.05) is 0 Å². The molecule has 0 radical (unpaired) electrons. The smallest absolute Gasteiger partial charge is 0.300 e. The van der Waals surface area contributed by atoms with Gasteiger partial charge in [-0.05, 0) is 48.0 Å². The highest BCUT2D eigenvalue weighted by Crippen LogP contribution is 2.45. The zero-order valence-corrected chi connectivity index (χ0v) is 17.1. The van der Waals surface area contributed by atoms with Gasteiger partial charge in [-0.2, -0.15) is 0 Å². The molecule has 0 saturated carbocycles. The van der Waals surface area contributed by atoms with Crippen LogP contribution in [0.3, 0.4) is 0 Å². The third-order valence-electron chi connectivity index (χ3n) is 5.29. The normalized spacial score (nSPS) is 18.9. The topological polar surface area (TPSA) is 109 Å². The fourth-order valence-electron chi connectivity index (χ4n) is 3.82. The molecule has 3 aromatic rings. The molecule has 5 rings (SSSR count). The quantitative estimate of drug-likeness (QED) is 0.355. The molecule has 1 fully saturated rings. The van der Waals surface area contributed by atoms with Gasteiger partial charge in [-0.1, -0.05) is 17.7 Å². The molecule has 160 valence electrons. The number of pyridine rings is 1. The van der Waals surface area contributed by atoms with Crippen LogP contribution in [-0.4, -0.2) is 33.7 Å². The van der Waals surface area contributed by atoms with Gasteiger partial charge in [-0.3, -0.25) is 19.5 Å². The number of ether oxygens (including phenoxy) is 2. The van der Waals surface area contributed by atoms with Gasteiger partial charge in [-0.25, -0.2) is 0 Å². The van der Waals surface area contributed by atoms with Crippen molar-refractivity contribution in [1.82, 2.24) is 4.98 Å². The number of hydrogen-bond acceptors (Lipinski definition) is 7. The number of hydrogen-bond donors (Lipinski definition) is 2. The molecule has 1 saturated heterocycles. The molecule has 0 bridgehead atoms. The van der Waals surface area contributed by atoms with E-state index in [4.69, 9.17) is 21.1 Å². The number of aliphatic hydroxyl groups excluding tert-OH is 1. The number of ketones is 1. The standard InChI is InChI=1S/C23H15ClN2O6/c24-14-4-5-16(27)15(9-14)26-20(13-2-1-7-25-10-13)19(22(29)23(26)30)21(28)12-3-6-17-18(8-12)32-11-31-17/h1-10,20,27-28H,11H2/b21-19-. The lowest BCUT2D eigenvalue weighted by Gasteiger charge is -2.25. The van der Waals surface area contributed by atoms with Crippen LogP contribution in [0.15, 0.2) is 66.5 Å². The van der Waals surface area contributed by atoms with Gasteiger partial charge >= 0.3 is 0 Å². The number of aromatic nitrogens is 1. The maximum atomic E-state index is 13.1. The van der Waals surface area contributed by atoms with E-state index in [1.165, 1.54) is 30.5 Å². The van der Waals surface area contributed by atoms with Gasteiger partial charge in [0, 0.05) is 23.0 Å². The number of halogens is 1. The second-order valence-electron chi connectivity index (χ2n) is 7.16. The number of phenols is 1. The Bertz CT molecular complexity index is 1290. The van der Waals surface area contributed by atoms with E-state index < -0.39 is 17.7 Å². The predicted octanol–water partition coefficient (Wildman–Crippen LogP) is 3.80. The van der Waals surface area contributed by atoms with Crippen LogP contribution >= 0.6 is 11.6 Å². The van der Waals surface area contributed by atoms with E-state index in [9.17, 15) is 19.8 Å². The summed E-state index contributed by atoms with van der Waals surface area (Å²) in [6.45, 7) is 0.0493. The first-order valence-corrected chi connectivity index (χ1v) is 9.93. The van der Waals surface area contributed by atoms with Crippen molar-refractivity contribution in [2.24, 2.45) is 0 Å². The number of carbonyl (C=O) groups is 2. The van der Waals surface area contributed by atoms with Crippen molar-refractivity contribution in [2.75, 3.05) is 11.7 Å². The molecule has 1 atom stereocenters. The lowest BCUT2D eigenvalue weighted by Crippen LogP contribution is -2.29. The number of phenolic OH excluding ortho intramolecular Hbond substituents is 1.